The molecule has 2 heterocycles. The van der Waals surface area contributed by atoms with Crippen LogP contribution in [0.4, 0.5) is 10.7 Å². The van der Waals surface area contributed by atoms with Gasteiger partial charge in [-0.05, 0) is 44.6 Å². The second-order valence-corrected chi connectivity index (χ2v) is 7.86. The normalized spacial score (nSPS) is 14.2. The number of amides is 1. The molecule has 3 rings (SSSR count). The third-order valence-corrected chi connectivity index (χ3v) is 6.02. The van der Waals surface area contributed by atoms with Crippen LogP contribution in [0.1, 0.15) is 64.4 Å². The monoisotopic (exact) mass is 406 g/mol. The van der Waals surface area contributed by atoms with Crippen molar-refractivity contribution in [3.05, 3.63) is 38.0 Å². The molecule has 1 aliphatic rings. The van der Waals surface area contributed by atoms with Gasteiger partial charge in [-0.1, -0.05) is 6.92 Å². The lowest BCUT2D eigenvalue weighted by Crippen LogP contribution is -2.20. The summed E-state index contributed by atoms with van der Waals surface area (Å²) in [6.45, 7) is 3.74. The van der Waals surface area contributed by atoms with Crippen molar-refractivity contribution in [2.24, 2.45) is 7.05 Å². The summed E-state index contributed by atoms with van der Waals surface area (Å²) in [5.74, 6) is -1.15. The van der Waals surface area contributed by atoms with Crippen LogP contribution in [-0.2, 0) is 24.6 Å². The Morgan fingerprint density at radius 1 is 1.43 bits per heavy atom. The van der Waals surface area contributed by atoms with Crippen LogP contribution >= 0.6 is 11.3 Å². The van der Waals surface area contributed by atoms with Crippen molar-refractivity contribution in [3.63, 3.8) is 0 Å². The first-order valence-corrected chi connectivity index (χ1v) is 9.98. The van der Waals surface area contributed by atoms with Crippen LogP contribution in [-0.4, -0.2) is 32.7 Å². The van der Waals surface area contributed by atoms with Gasteiger partial charge in [-0.15, -0.1) is 11.3 Å². The smallest absolute Gasteiger partial charge is 0.341 e. The summed E-state index contributed by atoms with van der Waals surface area (Å²) in [4.78, 5) is 37.1. The van der Waals surface area contributed by atoms with Crippen molar-refractivity contribution < 1.29 is 19.2 Å². The van der Waals surface area contributed by atoms with Gasteiger partial charge in [-0.3, -0.25) is 19.6 Å². The lowest BCUT2D eigenvalue weighted by Gasteiger charge is -2.15. The van der Waals surface area contributed by atoms with E-state index in [1.165, 1.54) is 18.4 Å². The largest absolute Gasteiger partial charge is 0.459 e. The van der Waals surface area contributed by atoms with Crippen molar-refractivity contribution in [3.8, 4) is 0 Å². The highest BCUT2D eigenvalue weighted by molar-refractivity contribution is 7.17. The van der Waals surface area contributed by atoms with E-state index in [-0.39, 0.29) is 17.5 Å². The fraction of sp³-hybridized carbons (Fsp3) is 0.500. The molecule has 0 spiro atoms. The third kappa shape index (κ3) is 3.77. The Labute approximate surface area is 165 Å². The van der Waals surface area contributed by atoms with Crippen LogP contribution in [0.25, 0.3) is 0 Å². The van der Waals surface area contributed by atoms with E-state index in [0.29, 0.717) is 17.0 Å². The summed E-state index contributed by atoms with van der Waals surface area (Å²) in [6, 6.07) is 0. The van der Waals surface area contributed by atoms with Crippen molar-refractivity contribution in [2.45, 2.75) is 52.1 Å². The minimum absolute atomic E-state index is 0.169. The average Bonchev–Trinajstić information content (AvgIpc) is 3.21. The van der Waals surface area contributed by atoms with Gasteiger partial charge in [-0.2, -0.15) is 5.10 Å². The predicted molar refractivity (Wildman–Crippen MR) is 104 cm³/mol. The molecule has 0 saturated carbocycles. The van der Waals surface area contributed by atoms with Gasteiger partial charge in [-0.25, -0.2) is 4.79 Å². The van der Waals surface area contributed by atoms with E-state index in [0.717, 1.165) is 47.0 Å². The number of rotatable bonds is 6. The molecule has 1 amide bonds. The standard InChI is InChI=1S/C18H22N4O5S/c1-4-10(2)27-18(24)14-11-7-5-6-8-13(11)28-17(14)20-16(23)15-12(22(25)26)9-19-21(15)3/h9-10H,4-8H2,1-3H3,(H,20,23). The van der Waals surface area contributed by atoms with Crippen LogP contribution < -0.4 is 5.32 Å². The Balaban J connectivity index is 1.97. The predicted octanol–water partition coefficient (Wildman–Crippen LogP) is 3.48. The molecule has 9 nitrogen and oxygen atoms in total. The van der Waals surface area contributed by atoms with Gasteiger partial charge in [0.1, 0.15) is 11.2 Å². The molecule has 1 unspecified atom stereocenters. The number of esters is 1. The van der Waals surface area contributed by atoms with Gasteiger partial charge in [0.05, 0.1) is 16.6 Å². The second-order valence-electron chi connectivity index (χ2n) is 6.75. The third-order valence-electron chi connectivity index (χ3n) is 4.82. The number of nitrogens with zero attached hydrogens (tertiary/aromatic N) is 3. The number of thiophene rings is 1. The number of carbonyl (C=O) groups excluding carboxylic acids is 2. The maximum atomic E-state index is 12.8. The lowest BCUT2D eigenvalue weighted by molar-refractivity contribution is -0.385. The molecule has 0 aliphatic heterocycles. The number of hydrogen-bond acceptors (Lipinski definition) is 7. The van der Waals surface area contributed by atoms with E-state index < -0.39 is 16.8 Å². The molecule has 0 aromatic carbocycles. The molecule has 150 valence electrons. The Morgan fingerprint density at radius 3 is 2.82 bits per heavy atom. The fourth-order valence-electron chi connectivity index (χ4n) is 3.18. The van der Waals surface area contributed by atoms with Crippen LogP contribution in [0.3, 0.4) is 0 Å². The molecule has 0 fully saturated rings. The van der Waals surface area contributed by atoms with Gasteiger partial charge in [0, 0.05) is 11.9 Å². The molecule has 0 saturated heterocycles. The highest BCUT2D eigenvalue weighted by Crippen LogP contribution is 2.39. The minimum atomic E-state index is -0.678. The zero-order valence-corrected chi connectivity index (χ0v) is 16.8. The Kier molecular flexibility index (Phi) is 5.78. The van der Waals surface area contributed by atoms with Crippen LogP contribution in [0, 0.1) is 10.1 Å². The number of hydrogen-bond donors (Lipinski definition) is 1. The van der Waals surface area contributed by atoms with Gasteiger partial charge >= 0.3 is 11.7 Å². The first-order chi connectivity index (χ1) is 13.3. The van der Waals surface area contributed by atoms with Crippen LogP contribution in [0.15, 0.2) is 6.20 Å². The molecule has 28 heavy (non-hydrogen) atoms. The summed E-state index contributed by atoms with van der Waals surface area (Å²) in [7, 11) is 1.46. The van der Waals surface area contributed by atoms with Crippen molar-refractivity contribution in [1.29, 1.82) is 0 Å². The van der Waals surface area contributed by atoms with Crippen molar-refractivity contribution in [2.75, 3.05) is 5.32 Å². The Hall–Kier alpha value is -2.75. The number of nitro groups is 1. The van der Waals surface area contributed by atoms with Crippen LogP contribution in [0.2, 0.25) is 0 Å². The zero-order valence-electron chi connectivity index (χ0n) is 16.0. The Morgan fingerprint density at radius 2 is 2.14 bits per heavy atom. The molecule has 1 N–H and O–H groups in total. The van der Waals surface area contributed by atoms with Crippen molar-refractivity contribution in [1.82, 2.24) is 9.78 Å². The van der Waals surface area contributed by atoms with Crippen molar-refractivity contribution >= 4 is 33.9 Å². The summed E-state index contributed by atoms with van der Waals surface area (Å²) in [5, 5.41) is 18.0. The van der Waals surface area contributed by atoms with E-state index in [4.69, 9.17) is 4.74 Å². The van der Waals surface area contributed by atoms with E-state index in [9.17, 15) is 19.7 Å². The quantitative estimate of drug-likeness (QED) is 0.446. The van der Waals surface area contributed by atoms with E-state index in [1.54, 1.807) is 0 Å². The first kappa shape index (κ1) is 20.0. The van der Waals surface area contributed by atoms with E-state index >= 15 is 0 Å². The van der Waals surface area contributed by atoms with Gasteiger partial charge < -0.3 is 10.1 Å². The Bertz CT molecular complexity index is 933. The summed E-state index contributed by atoms with van der Waals surface area (Å²) < 4.78 is 6.65. The van der Waals surface area contributed by atoms with Gasteiger partial charge in [0.2, 0.25) is 5.69 Å². The average molecular weight is 406 g/mol. The first-order valence-electron chi connectivity index (χ1n) is 9.16. The highest BCUT2D eigenvalue weighted by Gasteiger charge is 2.31. The molecule has 10 heteroatoms. The maximum Gasteiger partial charge on any atom is 0.341 e. The van der Waals surface area contributed by atoms with Crippen LogP contribution in [0.5, 0.6) is 0 Å². The topological polar surface area (TPSA) is 116 Å². The molecule has 0 bridgehead atoms. The van der Waals surface area contributed by atoms with E-state index in [1.807, 2.05) is 13.8 Å². The minimum Gasteiger partial charge on any atom is -0.459 e. The maximum absolute atomic E-state index is 12.8. The number of fused-ring (bicyclic) bond motifs is 1. The van der Waals surface area contributed by atoms with Gasteiger partial charge in [0.15, 0.2) is 0 Å². The van der Waals surface area contributed by atoms with E-state index in [2.05, 4.69) is 10.4 Å². The lowest BCUT2D eigenvalue weighted by atomic mass is 9.95. The number of aryl methyl sites for hydroxylation is 2. The second kappa shape index (κ2) is 8.09. The van der Waals surface area contributed by atoms with Gasteiger partial charge in [0.25, 0.3) is 5.91 Å². The SMILES string of the molecule is CCC(C)OC(=O)c1c(NC(=O)c2c([N+](=O)[O-])cnn2C)sc2c1CCCC2. The number of nitrogens with one attached hydrogen (secondary N) is 1. The number of ether oxygens (including phenoxy) is 1. The highest BCUT2D eigenvalue weighted by atomic mass is 32.1. The zero-order chi connectivity index (χ0) is 20.4. The summed E-state index contributed by atoms with van der Waals surface area (Å²) in [5.41, 5.74) is 0.736. The molecular formula is C18H22N4O5S. The fourth-order valence-corrected chi connectivity index (χ4v) is 4.45. The summed E-state index contributed by atoms with van der Waals surface area (Å²) in [6.07, 6.45) is 5.05. The number of anilines is 1. The summed E-state index contributed by atoms with van der Waals surface area (Å²) >= 11 is 1.34. The number of aromatic nitrogens is 2. The molecule has 0 radical (unpaired) electrons. The number of carbonyl (C=O) groups is 2. The molecule has 1 atom stereocenters. The molecule has 2 aromatic rings. The molecular weight excluding hydrogens is 384 g/mol. The molecule has 1 aliphatic carbocycles. The molecule has 2 aromatic heterocycles.